The van der Waals surface area contributed by atoms with Crippen LogP contribution in [0.3, 0.4) is 0 Å². The lowest BCUT2D eigenvalue weighted by Gasteiger charge is -2.27. The van der Waals surface area contributed by atoms with Crippen LogP contribution in [0.4, 0.5) is 4.39 Å². The first kappa shape index (κ1) is 14.8. The molecule has 1 aliphatic heterocycles. The van der Waals surface area contributed by atoms with E-state index >= 15 is 0 Å². The van der Waals surface area contributed by atoms with Gasteiger partial charge in [-0.15, -0.1) is 0 Å². The number of methoxy groups -OCH3 is 1. The number of aromatic amines is 1. The molecule has 0 saturated carbocycles. The number of carbonyl (C=O) groups excluding carboxylic acids is 1. The lowest BCUT2D eigenvalue weighted by Crippen LogP contribution is -2.35. The molecule has 2 aromatic carbocycles. The summed E-state index contributed by atoms with van der Waals surface area (Å²) >= 11 is 0. The molecule has 4 nitrogen and oxygen atoms in total. The summed E-state index contributed by atoms with van der Waals surface area (Å²) in [4.78, 5) is 17.9. The Bertz CT molecular complexity index is 932. The number of nitrogens with one attached hydrogen (secondary N) is 1. The molecule has 1 aliphatic rings. The summed E-state index contributed by atoms with van der Waals surface area (Å²) in [5.74, 6) is 0.262. The van der Waals surface area contributed by atoms with E-state index in [4.69, 9.17) is 4.74 Å². The van der Waals surface area contributed by atoms with E-state index in [1.807, 2.05) is 18.2 Å². The highest BCUT2D eigenvalue weighted by Gasteiger charge is 2.25. The van der Waals surface area contributed by atoms with Gasteiger partial charge in [-0.25, -0.2) is 4.39 Å². The third-order valence-corrected chi connectivity index (χ3v) is 4.55. The van der Waals surface area contributed by atoms with E-state index in [0.29, 0.717) is 18.7 Å². The average Bonchev–Trinajstić information content (AvgIpc) is 2.99. The number of hydrogen-bond donors (Lipinski definition) is 1. The third kappa shape index (κ3) is 2.33. The second kappa shape index (κ2) is 5.67. The number of fused-ring (bicyclic) bond motifs is 3. The molecule has 0 bridgehead atoms. The number of para-hydroxylation sites is 1. The van der Waals surface area contributed by atoms with Crippen LogP contribution >= 0.6 is 0 Å². The number of benzene rings is 2. The average molecular weight is 324 g/mol. The van der Waals surface area contributed by atoms with Gasteiger partial charge in [-0.2, -0.15) is 0 Å². The molecule has 0 radical (unpaired) electrons. The van der Waals surface area contributed by atoms with E-state index in [2.05, 4.69) is 4.98 Å². The highest BCUT2D eigenvalue weighted by molar-refractivity contribution is 5.95. The Morgan fingerprint density at radius 3 is 2.88 bits per heavy atom. The summed E-state index contributed by atoms with van der Waals surface area (Å²) in [7, 11) is 1.65. The molecule has 5 heteroatoms. The molecule has 122 valence electrons. The van der Waals surface area contributed by atoms with Crippen molar-refractivity contribution in [2.75, 3.05) is 13.7 Å². The summed E-state index contributed by atoms with van der Waals surface area (Å²) in [6, 6.07) is 11.7. The molecule has 2 heterocycles. The Kier molecular flexibility index (Phi) is 3.49. The minimum Gasteiger partial charge on any atom is -0.495 e. The molecular weight excluding hydrogens is 307 g/mol. The zero-order valence-electron chi connectivity index (χ0n) is 13.3. The number of halogens is 1. The van der Waals surface area contributed by atoms with Crippen molar-refractivity contribution in [3.63, 3.8) is 0 Å². The van der Waals surface area contributed by atoms with Crippen molar-refractivity contribution in [1.82, 2.24) is 9.88 Å². The first-order valence-corrected chi connectivity index (χ1v) is 7.88. The largest absolute Gasteiger partial charge is 0.495 e. The zero-order valence-corrected chi connectivity index (χ0v) is 13.3. The first-order valence-electron chi connectivity index (χ1n) is 7.88. The number of ether oxygens (including phenoxy) is 1. The molecule has 1 N–H and O–H groups in total. The van der Waals surface area contributed by atoms with Gasteiger partial charge in [0.2, 0.25) is 0 Å². The first-order chi connectivity index (χ1) is 11.7. The Hall–Kier alpha value is -2.82. The Labute approximate surface area is 138 Å². The molecule has 0 fully saturated rings. The van der Waals surface area contributed by atoms with Gasteiger partial charge in [-0.05, 0) is 24.3 Å². The maximum Gasteiger partial charge on any atom is 0.254 e. The lowest BCUT2D eigenvalue weighted by atomic mass is 10.0. The van der Waals surface area contributed by atoms with Crippen LogP contribution in [0.15, 0.2) is 42.5 Å². The predicted octanol–water partition coefficient (Wildman–Crippen LogP) is 3.51. The molecule has 0 unspecified atom stereocenters. The van der Waals surface area contributed by atoms with Crippen molar-refractivity contribution in [2.24, 2.45) is 0 Å². The summed E-state index contributed by atoms with van der Waals surface area (Å²) in [5.41, 5.74) is 3.60. The zero-order chi connectivity index (χ0) is 16.7. The predicted molar refractivity (Wildman–Crippen MR) is 89.7 cm³/mol. The molecule has 3 aromatic rings. The topological polar surface area (TPSA) is 45.3 Å². The van der Waals surface area contributed by atoms with Crippen LogP contribution in [0.5, 0.6) is 5.75 Å². The second-order valence-corrected chi connectivity index (χ2v) is 5.95. The van der Waals surface area contributed by atoms with Crippen molar-refractivity contribution < 1.29 is 13.9 Å². The van der Waals surface area contributed by atoms with E-state index in [-0.39, 0.29) is 5.91 Å². The van der Waals surface area contributed by atoms with Gasteiger partial charge >= 0.3 is 0 Å². The fourth-order valence-corrected chi connectivity index (χ4v) is 3.36. The van der Waals surface area contributed by atoms with Gasteiger partial charge in [-0.1, -0.05) is 18.2 Å². The van der Waals surface area contributed by atoms with Crippen LogP contribution in [0, 0.1) is 5.82 Å². The van der Waals surface area contributed by atoms with Crippen LogP contribution in [-0.4, -0.2) is 29.4 Å². The van der Waals surface area contributed by atoms with E-state index in [9.17, 15) is 9.18 Å². The van der Waals surface area contributed by atoms with Crippen molar-refractivity contribution in [3.05, 3.63) is 65.1 Å². The maximum absolute atomic E-state index is 13.4. The molecule has 4 rings (SSSR count). The summed E-state index contributed by atoms with van der Waals surface area (Å²) in [5, 5.41) is 1.07. The van der Waals surface area contributed by atoms with Crippen LogP contribution in [-0.2, 0) is 13.0 Å². The molecule has 24 heavy (non-hydrogen) atoms. The standard InChI is InChI=1S/C19H17FN2O2/c1-24-17-7-3-6-14-15-11-22(9-8-16(15)21-18(14)17)19(23)12-4-2-5-13(20)10-12/h2-7,10,21H,8-9,11H2,1H3. The number of H-pyrrole nitrogens is 1. The van der Waals surface area contributed by atoms with Gasteiger partial charge < -0.3 is 14.6 Å². The monoisotopic (exact) mass is 324 g/mol. The molecule has 0 atom stereocenters. The van der Waals surface area contributed by atoms with E-state index < -0.39 is 5.82 Å². The number of aromatic nitrogens is 1. The number of rotatable bonds is 2. The third-order valence-electron chi connectivity index (χ3n) is 4.55. The van der Waals surface area contributed by atoms with Crippen LogP contribution in [0.25, 0.3) is 10.9 Å². The number of nitrogens with zero attached hydrogens (tertiary/aromatic N) is 1. The van der Waals surface area contributed by atoms with E-state index in [1.54, 1.807) is 24.1 Å². The highest BCUT2D eigenvalue weighted by atomic mass is 19.1. The lowest BCUT2D eigenvalue weighted by molar-refractivity contribution is 0.0734. The molecule has 0 aliphatic carbocycles. The van der Waals surface area contributed by atoms with Gasteiger partial charge in [0.15, 0.2) is 0 Å². The fourth-order valence-electron chi connectivity index (χ4n) is 3.36. The quantitative estimate of drug-likeness (QED) is 0.784. The molecule has 0 saturated heterocycles. The smallest absolute Gasteiger partial charge is 0.254 e. The van der Waals surface area contributed by atoms with Gasteiger partial charge in [0.05, 0.1) is 12.6 Å². The Balaban J connectivity index is 1.69. The number of hydrogen-bond acceptors (Lipinski definition) is 2. The molecular formula is C19H17FN2O2. The summed E-state index contributed by atoms with van der Waals surface area (Å²) in [6.45, 7) is 1.12. The van der Waals surface area contributed by atoms with E-state index in [1.165, 1.54) is 12.1 Å². The molecule has 1 aromatic heterocycles. The second-order valence-electron chi connectivity index (χ2n) is 5.95. The van der Waals surface area contributed by atoms with Gasteiger partial charge in [0.1, 0.15) is 11.6 Å². The number of carbonyl (C=O) groups is 1. The summed E-state index contributed by atoms with van der Waals surface area (Å²) < 4.78 is 18.8. The van der Waals surface area contributed by atoms with Crippen molar-refractivity contribution >= 4 is 16.8 Å². The van der Waals surface area contributed by atoms with Gasteiger partial charge in [0, 0.05) is 41.7 Å². The fraction of sp³-hybridized carbons (Fsp3) is 0.211. The van der Waals surface area contributed by atoms with Crippen molar-refractivity contribution in [3.8, 4) is 5.75 Å². The molecule has 0 spiro atoms. The highest BCUT2D eigenvalue weighted by Crippen LogP contribution is 2.33. The van der Waals surface area contributed by atoms with Gasteiger partial charge in [0.25, 0.3) is 5.91 Å². The Morgan fingerprint density at radius 2 is 2.08 bits per heavy atom. The minimum absolute atomic E-state index is 0.141. The van der Waals surface area contributed by atoms with Gasteiger partial charge in [-0.3, -0.25) is 4.79 Å². The maximum atomic E-state index is 13.4. The summed E-state index contributed by atoms with van der Waals surface area (Å²) in [6.07, 6.45) is 0.744. The van der Waals surface area contributed by atoms with Crippen molar-refractivity contribution in [2.45, 2.75) is 13.0 Å². The van der Waals surface area contributed by atoms with Crippen LogP contribution in [0.1, 0.15) is 21.6 Å². The number of amides is 1. The van der Waals surface area contributed by atoms with E-state index in [0.717, 1.165) is 34.3 Å². The van der Waals surface area contributed by atoms with Crippen LogP contribution < -0.4 is 4.74 Å². The normalized spacial score (nSPS) is 13.8. The van der Waals surface area contributed by atoms with Crippen LogP contribution in [0.2, 0.25) is 0 Å². The SMILES string of the molecule is COc1cccc2c3c([nH]c12)CCN(C(=O)c1cccc(F)c1)C3. The minimum atomic E-state index is -0.393. The van der Waals surface area contributed by atoms with Crippen molar-refractivity contribution in [1.29, 1.82) is 0 Å². The molecule has 1 amide bonds. The Morgan fingerprint density at radius 1 is 1.25 bits per heavy atom.